The molecule has 3 aromatic rings. The van der Waals surface area contributed by atoms with Gasteiger partial charge in [0.25, 0.3) is 5.56 Å². The van der Waals surface area contributed by atoms with Gasteiger partial charge in [0, 0.05) is 10.4 Å². The first-order chi connectivity index (χ1) is 13.6. The van der Waals surface area contributed by atoms with Crippen LogP contribution in [0.1, 0.15) is 63.3 Å². The fourth-order valence-corrected chi connectivity index (χ4v) is 4.95. The predicted octanol–water partition coefficient (Wildman–Crippen LogP) is 4.73. The maximum Gasteiger partial charge on any atom is 0.263 e. The molecular formula is C23H29N3O2S. The van der Waals surface area contributed by atoms with Crippen LogP contribution in [0.15, 0.2) is 29.1 Å². The number of benzene rings is 1. The number of fused-ring (bicyclic) bond motifs is 1. The highest BCUT2D eigenvalue weighted by molar-refractivity contribution is 7.19. The molecule has 1 unspecified atom stereocenters. The first-order valence-corrected chi connectivity index (χ1v) is 10.9. The van der Waals surface area contributed by atoms with Crippen molar-refractivity contribution in [3.8, 4) is 11.1 Å². The summed E-state index contributed by atoms with van der Waals surface area (Å²) < 4.78 is 1.46. The van der Waals surface area contributed by atoms with E-state index >= 15 is 0 Å². The number of nitrogens with two attached hydrogens (primary N) is 1. The lowest BCUT2D eigenvalue weighted by molar-refractivity contribution is -0.121. The highest BCUT2D eigenvalue weighted by atomic mass is 32.1. The summed E-state index contributed by atoms with van der Waals surface area (Å²) >= 11 is 1.55. The van der Waals surface area contributed by atoms with E-state index in [0.717, 1.165) is 27.3 Å². The van der Waals surface area contributed by atoms with Gasteiger partial charge in [-0.2, -0.15) is 0 Å². The van der Waals surface area contributed by atoms with E-state index in [4.69, 9.17) is 5.73 Å². The highest BCUT2D eigenvalue weighted by Gasteiger charge is 2.25. The summed E-state index contributed by atoms with van der Waals surface area (Å²) in [7, 11) is 0. The summed E-state index contributed by atoms with van der Waals surface area (Å²) in [5.74, 6) is 0.00700. The molecule has 0 radical (unpaired) electrons. The van der Waals surface area contributed by atoms with E-state index in [-0.39, 0.29) is 11.0 Å². The second kappa shape index (κ2) is 7.75. The summed E-state index contributed by atoms with van der Waals surface area (Å²) in [6.07, 6.45) is 1.26. The normalized spacial score (nSPS) is 13.0. The molecule has 0 aliphatic rings. The van der Waals surface area contributed by atoms with Gasteiger partial charge in [0.2, 0.25) is 5.91 Å². The summed E-state index contributed by atoms with van der Waals surface area (Å²) in [5, 5.41) is 0.584. The van der Waals surface area contributed by atoms with Crippen molar-refractivity contribution >= 4 is 27.5 Å². The van der Waals surface area contributed by atoms with E-state index in [1.807, 2.05) is 6.92 Å². The molecule has 2 heterocycles. The largest absolute Gasteiger partial charge is 0.368 e. The Bertz CT molecular complexity index is 1120. The maximum absolute atomic E-state index is 13.5. The molecular weight excluding hydrogens is 382 g/mol. The lowest BCUT2D eigenvalue weighted by atomic mass is 9.86. The quantitative estimate of drug-likeness (QED) is 0.659. The van der Waals surface area contributed by atoms with Crippen LogP contribution in [0.25, 0.3) is 21.3 Å². The minimum atomic E-state index is -0.694. The van der Waals surface area contributed by atoms with Crippen LogP contribution < -0.4 is 11.3 Å². The second-order valence-corrected chi connectivity index (χ2v) is 9.51. The average molecular weight is 412 g/mol. The fraction of sp³-hybridized carbons (Fsp3) is 0.435. The smallest absolute Gasteiger partial charge is 0.263 e. The molecule has 0 bridgehead atoms. The molecule has 154 valence electrons. The molecule has 3 rings (SSSR count). The Morgan fingerprint density at radius 1 is 1.21 bits per heavy atom. The van der Waals surface area contributed by atoms with Crippen LogP contribution in [0.3, 0.4) is 0 Å². The van der Waals surface area contributed by atoms with Crippen molar-refractivity contribution < 1.29 is 4.79 Å². The molecule has 0 spiro atoms. The molecule has 0 saturated carbocycles. The Hall–Kier alpha value is -2.47. The molecule has 0 aliphatic heterocycles. The molecule has 29 heavy (non-hydrogen) atoms. The van der Waals surface area contributed by atoms with Crippen LogP contribution in [0.4, 0.5) is 0 Å². The minimum Gasteiger partial charge on any atom is -0.368 e. The van der Waals surface area contributed by atoms with Crippen molar-refractivity contribution in [2.75, 3.05) is 0 Å². The number of aromatic nitrogens is 2. The van der Waals surface area contributed by atoms with E-state index in [1.54, 1.807) is 18.3 Å². The minimum absolute atomic E-state index is 0.0596. The Labute approximate surface area is 175 Å². The molecule has 1 amide bonds. The average Bonchev–Trinajstić information content (AvgIpc) is 3.02. The van der Waals surface area contributed by atoms with Crippen molar-refractivity contribution in [2.45, 2.75) is 65.8 Å². The highest BCUT2D eigenvalue weighted by Crippen LogP contribution is 2.38. The fourth-order valence-electron chi connectivity index (χ4n) is 3.78. The predicted molar refractivity (Wildman–Crippen MR) is 121 cm³/mol. The van der Waals surface area contributed by atoms with Crippen LogP contribution in [-0.4, -0.2) is 15.5 Å². The van der Waals surface area contributed by atoms with Crippen LogP contribution in [0, 0.1) is 6.92 Å². The zero-order valence-electron chi connectivity index (χ0n) is 18.0. The summed E-state index contributed by atoms with van der Waals surface area (Å²) in [6.45, 7) is 12.2. The molecule has 6 heteroatoms. The summed E-state index contributed by atoms with van der Waals surface area (Å²) in [5.41, 5.74) is 8.62. The molecule has 2 aromatic heterocycles. The SMILES string of the molecule is CCc1sc2nc(C)n(C(CC)C(N)=O)c(=O)c2c1-c1ccc(C(C)(C)C)cc1. The third-order valence-corrected chi connectivity index (χ3v) is 6.62. The third kappa shape index (κ3) is 3.73. The van der Waals surface area contributed by atoms with Gasteiger partial charge in [-0.1, -0.05) is 58.9 Å². The van der Waals surface area contributed by atoms with E-state index < -0.39 is 11.9 Å². The van der Waals surface area contributed by atoms with E-state index in [9.17, 15) is 9.59 Å². The van der Waals surface area contributed by atoms with Crippen molar-refractivity contribution in [3.05, 3.63) is 50.9 Å². The maximum atomic E-state index is 13.5. The van der Waals surface area contributed by atoms with Gasteiger partial charge in [0.05, 0.1) is 5.39 Å². The Morgan fingerprint density at radius 2 is 1.83 bits per heavy atom. The number of thiophene rings is 1. The standard InChI is InChI=1S/C23H29N3O2S/c1-7-16(20(24)27)26-13(3)25-21-19(22(26)28)18(17(8-2)29-21)14-9-11-15(12-10-14)23(4,5)6/h9-12,16H,7-8H2,1-6H3,(H2,24,27). The lowest BCUT2D eigenvalue weighted by Crippen LogP contribution is -2.35. The van der Waals surface area contributed by atoms with Crippen LogP contribution >= 0.6 is 11.3 Å². The summed E-state index contributed by atoms with van der Waals surface area (Å²) in [4.78, 5) is 32.0. The number of primary amides is 1. The number of hydrogen-bond acceptors (Lipinski definition) is 4. The number of hydrogen-bond donors (Lipinski definition) is 1. The number of amides is 1. The zero-order valence-corrected chi connectivity index (χ0v) is 18.8. The number of rotatable bonds is 5. The molecule has 1 atom stereocenters. The number of carbonyl (C=O) groups excluding carboxylic acids is 1. The van der Waals surface area contributed by atoms with Gasteiger partial charge in [-0.05, 0) is 36.3 Å². The summed E-state index contributed by atoms with van der Waals surface area (Å²) in [6, 6.07) is 7.71. The van der Waals surface area contributed by atoms with Gasteiger partial charge in [-0.25, -0.2) is 4.98 Å². The van der Waals surface area contributed by atoms with Crippen molar-refractivity contribution in [1.29, 1.82) is 0 Å². The van der Waals surface area contributed by atoms with Gasteiger partial charge in [0.1, 0.15) is 16.7 Å². The molecule has 1 aromatic carbocycles. The second-order valence-electron chi connectivity index (χ2n) is 8.42. The van der Waals surface area contributed by atoms with E-state index in [0.29, 0.717) is 17.6 Å². The lowest BCUT2D eigenvalue weighted by Gasteiger charge is -2.19. The monoisotopic (exact) mass is 411 g/mol. The number of aryl methyl sites for hydroxylation is 2. The Balaban J connectivity index is 2.32. The Kier molecular flexibility index (Phi) is 5.68. The van der Waals surface area contributed by atoms with E-state index in [2.05, 4.69) is 56.9 Å². The first-order valence-electron chi connectivity index (χ1n) is 10.0. The van der Waals surface area contributed by atoms with Gasteiger partial charge >= 0.3 is 0 Å². The van der Waals surface area contributed by atoms with Crippen molar-refractivity contribution in [1.82, 2.24) is 9.55 Å². The van der Waals surface area contributed by atoms with Gasteiger partial charge in [0.15, 0.2) is 0 Å². The Morgan fingerprint density at radius 3 is 2.31 bits per heavy atom. The number of nitrogens with zero attached hydrogens (tertiary/aromatic N) is 2. The van der Waals surface area contributed by atoms with Crippen molar-refractivity contribution in [2.24, 2.45) is 5.73 Å². The third-order valence-electron chi connectivity index (χ3n) is 5.39. The van der Waals surface area contributed by atoms with E-state index in [1.165, 1.54) is 10.1 Å². The van der Waals surface area contributed by atoms with Gasteiger partial charge < -0.3 is 5.73 Å². The molecule has 0 aliphatic carbocycles. The van der Waals surface area contributed by atoms with Crippen LogP contribution in [-0.2, 0) is 16.6 Å². The number of carbonyl (C=O) groups is 1. The van der Waals surface area contributed by atoms with Gasteiger partial charge in [-0.15, -0.1) is 11.3 Å². The topological polar surface area (TPSA) is 78.0 Å². The molecule has 5 nitrogen and oxygen atoms in total. The van der Waals surface area contributed by atoms with Crippen LogP contribution in [0.5, 0.6) is 0 Å². The van der Waals surface area contributed by atoms with Crippen molar-refractivity contribution in [3.63, 3.8) is 0 Å². The van der Waals surface area contributed by atoms with Gasteiger partial charge in [-0.3, -0.25) is 14.2 Å². The zero-order chi connectivity index (χ0) is 21.5. The molecule has 0 fully saturated rings. The first kappa shape index (κ1) is 21.2. The van der Waals surface area contributed by atoms with Crippen LogP contribution in [0.2, 0.25) is 0 Å². The molecule has 2 N–H and O–H groups in total. The molecule has 0 saturated heterocycles.